The van der Waals surface area contributed by atoms with E-state index in [-0.39, 0.29) is 12.3 Å². The lowest BCUT2D eigenvalue weighted by Gasteiger charge is -2.29. The smallest absolute Gasteiger partial charge is 0.303 e. The number of carboxylic acids is 1. The van der Waals surface area contributed by atoms with E-state index in [4.69, 9.17) is 14.6 Å². The zero-order chi connectivity index (χ0) is 28.9. The third-order valence-electron chi connectivity index (χ3n) is 6.87. The largest absolute Gasteiger partial charge is 0.493 e. The van der Waals surface area contributed by atoms with E-state index < -0.39 is 12.5 Å². The minimum atomic E-state index is -0.951. The zero-order valence-corrected chi connectivity index (χ0v) is 22.9. The number of benzene rings is 2. The van der Waals surface area contributed by atoms with Crippen molar-refractivity contribution >= 4 is 11.9 Å². The Bertz CT molecular complexity index is 1240. The van der Waals surface area contributed by atoms with Gasteiger partial charge in [-0.3, -0.25) is 19.5 Å². The van der Waals surface area contributed by atoms with Gasteiger partial charge in [-0.1, -0.05) is 36.4 Å². The number of carbonyl (C=O) groups excluding carboxylic acids is 1. The van der Waals surface area contributed by atoms with Crippen molar-refractivity contribution in [2.24, 2.45) is 0 Å². The first-order valence-corrected chi connectivity index (χ1v) is 14.0. The molecule has 0 bridgehead atoms. The minimum absolute atomic E-state index is 0.149. The van der Waals surface area contributed by atoms with E-state index >= 15 is 0 Å². The second-order valence-corrected chi connectivity index (χ2v) is 9.84. The second-order valence-electron chi connectivity index (χ2n) is 9.84. The lowest BCUT2D eigenvalue weighted by Crippen LogP contribution is -2.39. The van der Waals surface area contributed by atoms with E-state index in [0.29, 0.717) is 49.7 Å². The molecule has 212 valence electrons. The van der Waals surface area contributed by atoms with Gasteiger partial charge in [0.1, 0.15) is 5.75 Å². The summed E-state index contributed by atoms with van der Waals surface area (Å²) in [7, 11) is 0. The Morgan fingerprint density at radius 1 is 0.975 bits per heavy atom. The molecule has 3 aromatic rings. The summed E-state index contributed by atoms with van der Waals surface area (Å²) in [6.45, 7) is 3.90. The average Bonchev–Trinajstić information content (AvgIpc) is 3.01. The number of unbranched alkanes of at least 4 members (excludes halogenated alkanes) is 2. The molecule has 0 aliphatic carbocycles. The molecule has 1 N–H and O–H groups in total. The van der Waals surface area contributed by atoms with Crippen LogP contribution < -0.4 is 4.74 Å². The van der Waals surface area contributed by atoms with Gasteiger partial charge in [0.25, 0.3) is 5.91 Å². The molecule has 40 heavy (non-hydrogen) atoms. The molecule has 1 aromatic heterocycles. The van der Waals surface area contributed by atoms with E-state index in [1.54, 1.807) is 17.3 Å². The number of carbonyl (C=O) groups is 2. The van der Waals surface area contributed by atoms with Gasteiger partial charge in [-0.05, 0) is 61.1 Å². The predicted molar refractivity (Wildman–Crippen MR) is 154 cm³/mol. The van der Waals surface area contributed by atoms with Crippen LogP contribution in [-0.2, 0) is 16.1 Å². The van der Waals surface area contributed by atoms with Crippen molar-refractivity contribution in [1.82, 2.24) is 14.8 Å². The van der Waals surface area contributed by atoms with E-state index in [9.17, 15) is 11.0 Å². The molecule has 0 saturated carbocycles. The number of hydrogen-bond acceptors (Lipinski definition) is 6. The van der Waals surface area contributed by atoms with E-state index in [0.717, 1.165) is 50.0 Å². The van der Waals surface area contributed by atoms with Gasteiger partial charge in [-0.25, -0.2) is 0 Å². The number of aliphatic carboxylic acids is 1. The summed E-state index contributed by atoms with van der Waals surface area (Å²) in [6.07, 6.45) is 6.48. The molecule has 1 saturated heterocycles. The summed E-state index contributed by atoms with van der Waals surface area (Å²) < 4.78 is 20.7. The van der Waals surface area contributed by atoms with Crippen molar-refractivity contribution in [3.8, 4) is 16.9 Å². The van der Waals surface area contributed by atoms with Crippen molar-refractivity contribution in [1.29, 1.82) is 0 Å². The van der Waals surface area contributed by atoms with E-state index in [2.05, 4.69) is 9.88 Å². The summed E-state index contributed by atoms with van der Waals surface area (Å²) in [5.74, 6) is -0.421. The quantitative estimate of drug-likeness (QED) is 0.264. The van der Waals surface area contributed by atoms with Crippen molar-refractivity contribution in [3.63, 3.8) is 0 Å². The number of ether oxygens (including phenoxy) is 2. The number of nitrogens with zero attached hydrogens (tertiary/aromatic N) is 3. The number of aromatic nitrogens is 1. The highest BCUT2D eigenvalue weighted by atomic mass is 16.5. The summed E-state index contributed by atoms with van der Waals surface area (Å²) >= 11 is 0. The number of amides is 1. The fourth-order valence-electron chi connectivity index (χ4n) is 4.64. The predicted octanol–water partition coefficient (Wildman–Crippen LogP) is 5.14. The van der Waals surface area contributed by atoms with Crippen LogP contribution >= 0.6 is 0 Å². The Morgan fingerprint density at radius 3 is 2.52 bits per heavy atom. The molecule has 2 aromatic carbocycles. The molecular formula is C32H39N3O5. The molecule has 1 atom stereocenters. The normalized spacial score (nSPS) is 14.8. The third-order valence-corrected chi connectivity index (χ3v) is 6.87. The Labute approximate surface area is 238 Å². The number of morpholine rings is 1. The van der Waals surface area contributed by atoms with Crippen LogP contribution in [0.5, 0.6) is 5.75 Å². The van der Waals surface area contributed by atoms with Gasteiger partial charge in [0.15, 0.2) is 0 Å². The first kappa shape index (κ1) is 27.8. The molecule has 2 heterocycles. The summed E-state index contributed by atoms with van der Waals surface area (Å²) in [6, 6.07) is 18.7. The highest BCUT2D eigenvalue weighted by Crippen LogP contribution is 2.23. The van der Waals surface area contributed by atoms with E-state index in [1.165, 1.54) is 0 Å². The standard InChI is InChI=1S/C32H39N3O5/c36-31(37)11-2-1-5-21-40-30-10-4-3-8-29(30)25-35(18-7-17-34-19-22-39-23-20-34)32(38)27-14-12-26(13-15-27)28-9-6-16-33-24-28/h3-4,6,8-10,12-16,24H,1-2,5,7,11,17-23,25H2,(H,36,37)/i25D. The summed E-state index contributed by atoms with van der Waals surface area (Å²) in [4.78, 5) is 32.7. The summed E-state index contributed by atoms with van der Waals surface area (Å²) in [5, 5.41) is 8.83. The molecule has 0 radical (unpaired) electrons. The van der Waals surface area contributed by atoms with E-state index in [1.807, 2.05) is 60.7 Å². The molecule has 1 fully saturated rings. The number of pyridine rings is 1. The average molecular weight is 547 g/mol. The number of rotatable bonds is 15. The number of para-hydroxylation sites is 1. The SMILES string of the molecule is [2H]C(c1ccccc1OCCCCCC(=O)O)N(CCCN1CCOCC1)C(=O)c1ccc(-c2cccnc2)cc1. The summed E-state index contributed by atoms with van der Waals surface area (Å²) in [5.41, 5.74) is 3.10. The molecule has 1 aliphatic heterocycles. The molecule has 0 spiro atoms. The van der Waals surface area contributed by atoms with Crippen LogP contribution in [0.3, 0.4) is 0 Å². The van der Waals surface area contributed by atoms with Crippen LogP contribution in [-0.4, -0.2) is 77.8 Å². The van der Waals surface area contributed by atoms with Crippen LogP contribution in [0.2, 0.25) is 0 Å². The van der Waals surface area contributed by atoms with Gasteiger partial charge < -0.3 is 19.5 Å². The first-order valence-electron chi connectivity index (χ1n) is 14.6. The minimum Gasteiger partial charge on any atom is -0.493 e. The molecular weight excluding hydrogens is 506 g/mol. The van der Waals surface area contributed by atoms with Crippen molar-refractivity contribution in [3.05, 3.63) is 84.2 Å². The van der Waals surface area contributed by atoms with Gasteiger partial charge in [-0.15, -0.1) is 0 Å². The lowest BCUT2D eigenvalue weighted by molar-refractivity contribution is -0.137. The number of hydrogen-bond donors (Lipinski definition) is 1. The highest BCUT2D eigenvalue weighted by molar-refractivity contribution is 5.94. The van der Waals surface area contributed by atoms with Gasteiger partial charge in [0.2, 0.25) is 0 Å². The van der Waals surface area contributed by atoms with Crippen molar-refractivity contribution in [2.75, 3.05) is 46.0 Å². The Hall–Kier alpha value is -3.75. The molecule has 8 nitrogen and oxygen atoms in total. The van der Waals surface area contributed by atoms with Crippen molar-refractivity contribution < 1.29 is 25.5 Å². The lowest BCUT2D eigenvalue weighted by atomic mass is 10.0. The first-order chi connectivity index (χ1) is 20.0. The maximum Gasteiger partial charge on any atom is 0.303 e. The Morgan fingerprint density at radius 2 is 1.77 bits per heavy atom. The van der Waals surface area contributed by atoms with Crippen LogP contribution in [0.4, 0.5) is 0 Å². The van der Waals surface area contributed by atoms with Crippen molar-refractivity contribution in [2.45, 2.75) is 38.6 Å². The van der Waals surface area contributed by atoms with Gasteiger partial charge in [-0.2, -0.15) is 0 Å². The van der Waals surface area contributed by atoms with Crippen LogP contribution in [0.1, 0.15) is 49.4 Å². The van der Waals surface area contributed by atoms with Gasteiger partial charge in [0.05, 0.1) is 21.2 Å². The van der Waals surface area contributed by atoms with Crippen LogP contribution in [0.15, 0.2) is 73.1 Å². The van der Waals surface area contributed by atoms with Crippen LogP contribution in [0.25, 0.3) is 11.1 Å². The zero-order valence-electron chi connectivity index (χ0n) is 23.9. The monoisotopic (exact) mass is 546 g/mol. The molecule has 4 rings (SSSR count). The highest BCUT2D eigenvalue weighted by Gasteiger charge is 2.19. The molecule has 8 heteroatoms. The molecule has 1 amide bonds. The fraction of sp³-hybridized carbons (Fsp3) is 0.406. The second kappa shape index (κ2) is 15.7. The Kier molecular flexibility index (Phi) is 10.9. The van der Waals surface area contributed by atoms with Gasteiger partial charge >= 0.3 is 5.97 Å². The molecule has 1 aliphatic rings. The maximum atomic E-state index is 13.9. The fourth-order valence-corrected chi connectivity index (χ4v) is 4.64. The van der Waals surface area contributed by atoms with Gasteiger partial charge in [0, 0.05) is 62.6 Å². The topological polar surface area (TPSA) is 92.2 Å². The Balaban J connectivity index is 1.47. The maximum absolute atomic E-state index is 13.9. The third kappa shape index (κ3) is 9.17. The number of carboxylic acid groups (broad SMARTS) is 1. The van der Waals surface area contributed by atoms with Crippen LogP contribution in [0, 0.1) is 0 Å². The molecule has 1 unspecified atom stereocenters.